The first-order valence-electron chi connectivity index (χ1n) is 8.59. The fourth-order valence-corrected chi connectivity index (χ4v) is 3.78. The van der Waals surface area contributed by atoms with Gasteiger partial charge < -0.3 is 4.90 Å². The molecule has 1 heterocycles. The molecule has 5 nitrogen and oxygen atoms in total. The number of hydrogen-bond donors (Lipinski definition) is 2. The van der Waals surface area contributed by atoms with Gasteiger partial charge in [-0.05, 0) is 61.6 Å². The van der Waals surface area contributed by atoms with E-state index in [0.717, 1.165) is 24.1 Å². The second-order valence-corrected chi connectivity index (χ2v) is 7.78. The van der Waals surface area contributed by atoms with Crippen LogP contribution in [0.4, 0.5) is 5.69 Å². The fraction of sp³-hybridized carbons (Fsp3) is 0.368. The largest absolute Gasteiger partial charge is 0.357 e. The SMILES string of the molecule is CC1CCCN1CCc1ccc(-c2ccc(NS(=O)(=O)O)cc2)cc1. The summed E-state index contributed by atoms with van der Waals surface area (Å²) in [7, 11) is -4.23. The summed E-state index contributed by atoms with van der Waals surface area (Å²) in [5, 5.41) is 0. The molecule has 0 aromatic heterocycles. The molecule has 1 saturated heterocycles. The summed E-state index contributed by atoms with van der Waals surface area (Å²) in [5.74, 6) is 0. The Kier molecular flexibility index (Phi) is 5.42. The van der Waals surface area contributed by atoms with Crippen LogP contribution < -0.4 is 4.72 Å². The lowest BCUT2D eigenvalue weighted by molar-refractivity contribution is 0.272. The Morgan fingerprint density at radius 2 is 1.68 bits per heavy atom. The highest BCUT2D eigenvalue weighted by Crippen LogP contribution is 2.23. The summed E-state index contributed by atoms with van der Waals surface area (Å²) in [6.45, 7) is 4.62. The number of anilines is 1. The maximum atomic E-state index is 10.8. The van der Waals surface area contributed by atoms with E-state index < -0.39 is 10.3 Å². The van der Waals surface area contributed by atoms with Crippen molar-refractivity contribution in [3.05, 3.63) is 54.1 Å². The van der Waals surface area contributed by atoms with Crippen molar-refractivity contribution in [2.75, 3.05) is 17.8 Å². The molecule has 3 rings (SSSR count). The van der Waals surface area contributed by atoms with Gasteiger partial charge in [-0.2, -0.15) is 8.42 Å². The molecule has 0 amide bonds. The number of hydrogen-bond acceptors (Lipinski definition) is 3. The van der Waals surface area contributed by atoms with Crippen LogP contribution in [0.2, 0.25) is 0 Å². The Balaban J connectivity index is 1.61. The van der Waals surface area contributed by atoms with Gasteiger partial charge in [-0.3, -0.25) is 9.27 Å². The second kappa shape index (κ2) is 7.56. The number of benzene rings is 2. The van der Waals surface area contributed by atoms with Crippen LogP contribution >= 0.6 is 0 Å². The lowest BCUT2D eigenvalue weighted by Gasteiger charge is -2.20. The molecule has 2 aromatic carbocycles. The number of likely N-dealkylation sites (tertiary alicyclic amines) is 1. The third-order valence-corrected chi connectivity index (χ3v) is 5.29. The van der Waals surface area contributed by atoms with Crippen molar-refractivity contribution in [2.24, 2.45) is 0 Å². The molecule has 1 aliphatic rings. The van der Waals surface area contributed by atoms with E-state index in [1.54, 1.807) is 12.1 Å². The molecular weight excluding hydrogens is 336 g/mol. The van der Waals surface area contributed by atoms with E-state index in [-0.39, 0.29) is 0 Å². The lowest BCUT2D eigenvalue weighted by Crippen LogP contribution is -2.28. The zero-order valence-electron chi connectivity index (χ0n) is 14.4. The summed E-state index contributed by atoms with van der Waals surface area (Å²) in [6, 6.07) is 16.1. The minimum atomic E-state index is -4.23. The van der Waals surface area contributed by atoms with Crippen LogP contribution in [-0.2, 0) is 16.7 Å². The Morgan fingerprint density at radius 1 is 1.08 bits per heavy atom. The topological polar surface area (TPSA) is 69.6 Å². The molecule has 0 bridgehead atoms. The summed E-state index contributed by atoms with van der Waals surface area (Å²) < 4.78 is 32.5. The van der Waals surface area contributed by atoms with E-state index in [0.29, 0.717) is 11.7 Å². The van der Waals surface area contributed by atoms with Gasteiger partial charge in [-0.1, -0.05) is 36.4 Å². The van der Waals surface area contributed by atoms with Gasteiger partial charge in [0, 0.05) is 12.6 Å². The van der Waals surface area contributed by atoms with Crippen LogP contribution in [-0.4, -0.2) is 37.0 Å². The van der Waals surface area contributed by atoms with Gasteiger partial charge in [0.2, 0.25) is 0 Å². The molecule has 1 atom stereocenters. The van der Waals surface area contributed by atoms with Crippen LogP contribution in [0.25, 0.3) is 11.1 Å². The molecule has 134 valence electrons. The quantitative estimate of drug-likeness (QED) is 0.773. The molecular formula is C19H24N2O3S. The Labute approximate surface area is 149 Å². The number of rotatable bonds is 6. The number of nitrogens with zero attached hydrogens (tertiary/aromatic N) is 1. The van der Waals surface area contributed by atoms with E-state index in [1.807, 2.05) is 16.9 Å². The predicted octanol–water partition coefficient (Wildman–Crippen LogP) is 3.60. The van der Waals surface area contributed by atoms with E-state index in [9.17, 15) is 8.42 Å². The third-order valence-electron chi connectivity index (χ3n) is 4.80. The van der Waals surface area contributed by atoms with E-state index >= 15 is 0 Å². The zero-order valence-corrected chi connectivity index (χ0v) is 15.2. The monoisotopic (exact) mass is 360 g/mol. The van der Waals surface area contributed by atoms with Crippen molar-refractivity contribution < 1.29 is 13.0 Å². The summed E-state index contributed by atoms with van der Waals surface area (Å²) in [6.07, 6.45) is 3.67. The molecule has 0 radical (unpaired) electrons. The van der Waals surface area contributed by atoms with Crippen molar-refractivity contribution in [2.45, 2.75) is 32.2 Å². The second-order valence-electron chi connectivity index (χ2n) is 6.63. The average molecular weight is 360 g/mol. The van der Waals surface area contributed by atoms with Crippen molar-refractivity contribution in [3.63, 3.8) is 0 Å². The standard InChI is InChI=1S/C19H24N2O3S/c1-15-3-2-13-21(15)14-12-16-4-6-17(7-5-16)18-8-10-19(11-9-18)20-25(22,23)24/h4-11,15,20H,2-3,12-14H2,1H3,(H,22,23,24). The Morgan fingerprint density at radius 3 is 2.20 bits per heavy atom. The van der Waals surface area contributed by atoms with Gasteiger partial charge in [-0.15, -0.1) is 0 Å². The van der Waals surface area contributed by atoms with Crippen molar-refractivity contribution in [1.82, 2.24) is 4.90 Å². The van der Waals surface area contributed by atoms with Gasteiger partial charge in [0.05, 0.1) is 5.69 Å². The number of nitrogens with one attached hydrogen (secondary N) is 1. The van der Waals surface area contributed by atoms with Crippen molar-refractivity contribution >= 4 is 16.0 Å². The van der Waals surface area contributed by atoms with Gasteiger partial charge in [0.15, 0.2) is 0 Å². The molecule has 0 spiro atoms. The van der Waals surface area contributed by atoms with E-state index in [2.05, 4.69) is 36.1 Å². The van der Waals surface area contributed by atoms with Gasteiger partial charge in [-0.25, -0.2) is 0 Å². The minimum Gasteiger partial charge on any atom is -0.300 e. The van der Waals surface area contributed by atoms with E-state index in [4.69, 9.17) is 4.55 Å². The molecule has 2 N–H and O–H groups in total. The molecule has 1 fully saturated rings. The van der Waals surface area contributed by atoms with Gasteiger partial charge in [0.25, 0.3) is 0 Å². The average Bonchev–Trinajstić information content (AvgIpc) is 2.98. The summed E-state index contributed by atoms with van der Waals surface area (Å²) in [5.41, 5.74) is 3.74. The van der Waals surface area contributed by atoms with Crippen LogP contribution in [0.5, 0.6) is 0 Å². The highest BCUT2D eigenvalue weighted by Gasteiger charge is 2.19. The first-order valence-corrected chi connectivity index (χ1v) is 10.0. The third kappa shape index (κ3) is 5.04. The molecule has 0 saturated carbocycles. The van der Waals surface area contributed by atoms with Crippen LogP contribution in [0.15, 0.2) is 48.5 Å². The molecule has 1 unspecified atom stereocenters. The summed E-state index contributed by atoms with van der Waals surface area (Å²) >= 11 is 0. The maximum Gasteiger partial charge on any atom is 0.357 e. The Bertz CT molecular complexity index is 802. The minimum absolute atomic E-state index is 0.336. The van der Waals surface area contributed by atoms with Crippen molar-refractivity contribution in [1.29, 1.82) is 0 Å². The highest BCUT2D eigenvalue weighted by atomic mass is 32.2. The lowest BCUT2D eigenvalue weighted by atomic mass is 10.0. The van der Waals surface area contributed by atoms with Gasteiger partial charge >= 0.3 is 10.3 Å². The molecule has 1 aliphatic heterocycles. The molecule has 25 heavy (non-hydrogen) atoms. The fourth-order valence-electron chi connectivity index (χ4n) is 3.34. The zero-order chi connectivity index (χ0) is 17.9. The summed E-state index contributed by atoms with van der Waals surface area (Å²) in [4.78, 5) is 2.55. The van der Waals surface area contributed by atoms with Gasteiger partial charge in [0.1, 0.15) is 0 Å². The van der Waals surface area contributed by atoms with Crippen molar-refractivity contribution in [3.8, 4) is 11.1 Å². The van der Waals surface area contributed by atoms with Crippen LogP contribution in [0.3, 0.4) is 0 Å². The molecule has 0 aliphatic carbocycles. The normalized spacial score (nSPS) is 18.4. The van der Waals surface area contributed by atoms with Crippen LogP contribution in [0.1, 0.15) is 25.3 Å². The van der Waals surface area contributed by atoms with E-state index in [1.165, 1.54) is 24.9 Å². The maximum absolute atomic E-state index is 10.8. The predicted molar refractivity (Wildman–Crippen MR) is 101 cm³/mol. The van der Waals surface area contributed by atoms with Crippen LogP contribution in [0, 0.1) is 0 Å². The first-order chi connectivity index (χ1) is 11.9. The Hall–Kier alpha value is -1.89. The molecule has 2 aromatic rings. The smallest absolute Gasteiger partial charge is 0.300 e. The highest BCUT2D eigenvalue weighted by molar-refractivity contribution is 7.87. The first kappa shape index (κ1) is 17.9. The molecule has 6 heteroatoms.